The van der Waals surface area contributed by atoms with Crippen molar-refractivity contribution in [2.45, 2.75) is 26.5 Å². The van der Waals surface area contributed by atoms with Crippen LogP contribution >= 0.6 is 0 Å². The van der Waals surface area contributed by atoms with Gasteiger partial charge in [-0.05, 0) is 29.5 Å². The first-order valence-corrected chi connectivity index (χ1v) is 7.85. The maximum Gasteiger partial charge on any atom is 0.314 e. The smallest absolute Gasteiger partial charge is 0.314 e. The number of nitrogens with one attached hydrogen (secondary N) is 2. The van der Waals surface area contributed by atoms with Crippen molar-refractivity contribution < 1.29 is 9.90 Å². The van der Waals surface area contributed by atoms with Gasteiger partial charge in [0.05, 0.1) is 6.61 Å². The molecule has 0 spiro atoms. The molecule has 23 heavy (non-hydrogen) atoms. The molecule has 1 unspecified atom stereocenters. The summed E-state index contributed by atoms with van der Waals surface area (Å²) in [5, 5.41) is 18.9. The topological polar surface area (TPSA) is 79.2 Å². The molecule has 0 bridgehead atoms. The van der Waals surface area contributed by atoms with Crippen molar-refractivity contribution in [2.75, 3.05) is 13.1 Å². The van der Waals surface area contributed by atoms with Crippen LogP contribution in [0.3, 0.4) is 0 Å². The van der Waals surface area contributed by atoms with Crippen LogP contribution in [0.1, 0.15) is 18.1 Å². The van der Waals surface area contributed by atoms with Gasteiger partial charge in [-0.1, -0.05) is 31.2 Å². The fourth-order valence-electron chi connectivity index (χ4n) is 2.25. The van der Waals surface area contributed by atoms with Gasteiger partial charge < -0.3 is 15.7 Å². The van der Waals surface area contributed by atoms with Crippen LogP contribution in [-0.2, 0) is 19.6 Å². The third-order valence-corrected chi connectivity index (χ3v) is 3.57. The first-order chi connectivity index (χ1) is 11.2. The molecule has 1 aromatic carbocycles. The number of aliphatic hydroxyl groups is 1. The van der Waals surface area contributed by atoms with Crippen LogP contribution in [-0.4, -0.2) is 34.0 Å². The highest BCUT2D eigenvalue weighted by Gasteiger charge is 2.06. The number of aliphatic hydroxyl groups excluding tert-OH is 1. The standard InChI is InChI=1S/C17H24N4O2/c1-14(12-21-10-2-8-20-21)11-19-17(23)18-9-7-15-3-5-16(13-22)6-4-15/h2-6,8,10,14,22H,7,9,11-13H2,1H3,(H2,18,19,23). The minimum absolute atomic E-state index is 0.0532. The molecular formula is C17H24N4O2. The summed E-state index contributed by atoms with van der Waals surface area (Å²) in [6, 6.07) is 9.47. The summed E-state index contributed by atoms with van der Waals surface area (Å²) < 4.78 is 1.86. The molecule has 0 aliphatic carbocycles. The van der Waals surface area contributed by atoms with E-state index in [-0.39, 0.29) is 12.6 Å². The van der Waals surface area contributed by atoms with Gasteiger partial charge in [0, 0.05) is 32.0 Å². The molecule has 0 saturated heterocycles. The second-order valence-electron chi connectivity index (χ2n) is 5.69. The van der Waals surface area contributed by atoms with Gasteiger partial charge in [0.2, 0.25) is 0 Å². The first kappa shape index (κ1) is 17.0. The Morgan fingerprint density at radius 2 is 2.00 bits per heavy atom. The summed E-state index contributed by atoms with van der Waals surface area (Å²) >= 11 is 0. The molecule has 124 valence electrons. The van der Waals surface area contributed by atoms with Crippen molar-refractivity contribution in [3.05, 3.63) is 53.9 Å². The molecule has 1 aromatic heterocycles. The van der Waals surface area contributed by atoms with Crippen LogP contribution in [0.25, 0.3) is 0 Å². The van der Waals surface area contributed by atoms with Gasteiger partial charge >= 0.3 is 6.03 Å². The minimum atomic E-state index is -0.149. The number of aromatic nitrogens is 2. The number of carbonyl (C=O) groups is 1. The fraction of sp³-hybridized carbons (Fsp3) is 0.412. The van der Waals surface area contributed by atoms with Crippen LogP contribution in [0.4, 0.5) is 4.79 Å². The zero-order chi connectivity index (χ0) is 16.5. The second kappa shape index (κ2) is 8.95. The van der Waals surface area contributed by atoms with Crippen molar-refractivity contribution >= 4 is 6.03 Å². The third-order valence-electron chi connectivity index (χ3n) is 3.57. The number of hydrogen-bond acceptors (Lipinski definition) is 3. The number of urea groups is 1. The molecule has 6 heteroatoms. The zero-order valence-electron chi connectivity index (χ0n) is 13.4. The van der Waals surface area contributed by atoms with Gasteiger partial charge in [-0.3, -0.25) is 4.68 Å². The highest BCUT2D eigenvalue weighted by molar-refractivity contribution is 5.73. The van der Waals surface area contributed by atoms with Gasteiger partial charge in [-0.2, -0.15) is 5.10 Å². The largest absolute Gasteiger partial charge is 0.392 e. The van der Waals surface area contributed by atoms with E-state index in [0.717, 1.165) is 24.1 Å². The van der Waals surface area contributed by atoms with Crippen molar-refractivity contribution in [3.63, 3.8) is 0 Å². The van der Waals surface area contributed by atoms with Crippen LogP contribution in [0.15, 0.2) is 42.7 Å². The Kier molecular flexibility index (Phi) is 6.62. The summed E-state index contributed by atoms with van der Waals surface area (Å²) in [5.74, 6) is 0.312. The molecule has 0 radical (unpaired) electrons. The summed E-state index contributed by atoms with van der Waals surface area (Å²) in [4.78, 5) is 11.8. The molecule has 2 amide bonds. The maximum atomic E-state index is 11.8. The quantitative estimate of drug-likeness (QED) is 0.691. The Balaban J connectivity index is 1.60. The molecule has 3 N–H and O–H groups in total. The van der Waals surface area contributed by atoms with E-state index in [2.05, 4.69) is 22.7 Å². The van der Waals surface area contributed by atoms with E-state index in [9.17, 15) is 4.79 Å². The molecule has 1 atom stereocenters. The Hall–Kier alpha value is -2.34. The molecular weight excluding hydrogens is 292 g/mol. The zero-order valence-corrected chi connectivity index (χ0v) is 13.4. The fourth-order valence-corrected chi connectivity index (χ4v) is 2.25. The van der Waals surface area contributed by atoms with Gasteiger partial charge in [0.1, 0.15) is 0 Å². The summed E-state index contributed by atoms with van der Waals surface area (Å²) in [5.41, 5.74) is 2.03. The second-order valence-corrected chi connectivity index (χ2v) is 5.69. The summed E-state index contributed by atoms with van der Waals surface area (Å²) in [6.07, 6.45) is 4.43. The van der Waals surface area contributed by atoms with Gasteiger partial charge in [-0.25, -0.2) is 4.79 Å². The van der Waals surface area contributed by atoms with Crippen LogP contribution < -0.4 is 10.6 Å². The number of nitrogens with zero attached hydrogens (tertiary/aromatic N) is 2. The van der Waals surface area contributed by atoms with E-state index in [0.29, 0.717) is 19.0 Å². The molecule has 2 rings (SSSR count). The maximum absolute atomic E-state index is 11.8. The molecule has 2 aromatic rings. The van der Waals surface area contributed by atoms with E-state index in [1.54, 1.807) is 6.20 Å². The number of carbonyl (C=O) groups excluding carboxylic acids is 1. The Labute approximate surface area is 136 Å². The molecule has 0 fully saturated rings. The minimum Gasteiger partial charge on any atom is -0.392 e. The summed E-state index contributed by atoms with van der Waals surface area (Å²) in [6.45, 7) is 4.10. The summed E-state index contributed by atoms with van der Waals surface area (Å²) in [7, 11) is 0. The normalized spacial score (nSPS) is 11.9. The number of hydrogen-bond donors (Lipinski definition) is 3. The van der Waals surface area contributed by atoms with Gasteiger partial charge in [0.25, 0.3) is 0 Å². The third kappa shape index (κ3) is 6.12. The lowest BCUT2D eigenvalue weighted by Crippen LogP contribution is -2.39. The SMILES string of the molecule is CC(CNC(=O)NCCc1ccc(CO)cc1)Cn1cccn1. The molecule has 0 aliphatic heterocycles. The first-order valence-electron chi connectivity index (χ1n) is 7.85. The molecule has 6 nitrogen and oxygen atoms in total. The van der Waals surface area contributed by atoms with Crippen LogP contribution in [0, 0.1) is 5.92 Å². The lowest BCUT2D eigenvalue weighted by Gasteiger charge is -2.13. The highest BCUT2D eigenvalue weighted by Crippen LogP contribution is 2.04. The Morgan fingerprint density at radius 1 is 1.26 bits per heavy atom. The Bertz CT molecular complexity index is 581. The van der Waals surface area contributed by atoms with E-state index >= 15 is 0 Å². The number of benzene rings is 1. The molecule has 0 saturated carbocycles. The lowest BCUT2D eigenvalue weighted by molar-refractivity contribution is 0.238. The van der Waals surface area contributed by atoms with Crippen LogP contribution in [0.5, 0.6) is 0 Å². The van der Waals surface area contributed by atoms with Gasteiger partial charge in [0.15, 0.2) is 0 Å². The number of amides is 2. The van der Waals surface area contributed by atoms with E-state index in [1.807, 2.05) is 41.2 Å². The van der Waals surface area contributed by atoms with E-state index < -0.39 is 0 Å². The van der Waals surface area contributed by atoms with E-state index in [1.165, 1.54) is 0 Å². The van der Waals surface area contributed by atoms with Crippen LogP contribution in [0.2, 0.25) is 0 Å². The Morgan fingerprint density at radius 3 is 2.65 bits per heavy atom. The molecule has 0 aliphatic rings. The number of rotatable bonds is 8. The highest BCUT2D eigenvalue weighted by atomic mass is 16.3. The predicted octanol–water partition coefficient (Wildman–Crippen LogP) is 1.55. The van der Waals surface area contributed by atoms with Crippen molar-refractivity contribution in [3.8, 4) is 0 Å². The monoisotopic (exact) mass is 316 g/mol. The van der Waals surface area contributed by atoms with Gasteiger partial charge in [-0.15, -0.1) is 0 Å². The lowest BCUT2D eigenvalue weighted by atomic mass is 10.1. The average Bonchev–Trinajstić information content (AvgIpc) is 3.06. The molecule has 1 heterocycles. The predicted molar refractivity (Wildman–Crippen MR) is 88.9 cm³/mol. The van der Waals surface area contributed by atoms with E-state index in [4.69, 9.17) is 5.11 Å². The van der Waals surface area contributed by atoms with Crippen molar-refractivity contribution in [1.29, 1.82) is 0 Å². The average molecular weight is 316 g/mol. The van der Waals surface area contributed by atoms with Crippen molar-refractivity contribution in [1.82, 2.24) is 20.4 Å². The van der Waals surface area contributed by atoms with Crippen molar-refractivity contribution in [2.24, 2.45) is 5.92 Å².